The van der Waals surface area contributed by atoms with E-state index in [1.165, 1.54) is 0 Å². The Kier molecular flexibility index (Phi) is 8.37. The molecule has 18 heavy (non-hydrogen) atoms. The maximum atomic E-state index is 11.5. The highest BCUT2D eigenvalue weighted by molar-refractivity contribution is 5.77. The Morgan fingerprint density at radius 2 is 1.56 bits per heavy atom. The number of esters is 2. The van der Waals surface area contributed by atoms with Gasteiger partial charge >= 0.3 is 11.9 Å². The van der Waals surface area contributed by atoms with E-state index in [0.717, 1.165) is 12.8 Å². The molecule has 0 saturated heterocycles. The van der Waals surface area contributed by atoms with Crippen LogP contribution in [0.2, 0.25) is 0 Å². The van der Waals surface area contributed by atoms with Gasteiger partial charge in [0.25, 0.3) is 0 Å². The fourth-order valence-electron chi connectivity index (χ4n) is 1.13. The van der Waals surface area contributed by atoms with Crippen LogP contribution >= 0.6 is 0 Å². The third-order valence-electron chi connectivity index (χ3n) is 2.76. The number of hydrogen-bond acceptors (Lipinski definition) is 5. The molecule has 106 valence electrons. The van der Waals surface area contributed by atoms with Gasteiger partial charge in [0.2, 0.25) is 0 Å². The molecule has 2 N–H and O–H groups in total. The van der Waals surface area contributed by atoms with Crippen LogP contribution in [-0.4, -0.2) is 30.2 Å². The predicted molar refractivity (Wildman–Crippen MR) is 68.9 cm³/mol. The highest BCUT2D eigenvalue weighted by Crippen LogP contribution is 2.05. The largest absolute Gasteiger partial charge is 0.463 e. The Morgan fingerprint density at radius 3 is 2.06 bits per heavy atom. The zero-order valence-electron chi connectivity index (χ0n) is 11.8. The third-order valence-corrected chi connectivity index (χ3v) is 2.76. The van der Waals surface area contributed by atoms with Crippen molar-refractivity contribution in [1.82, 2.24) is 0 Å². The van der Waals surface area contributed by atoms with E-state index < -0.39 is 12.0 Å². The van der Waals surface area contributed by atoms with Crippen molar-refractivity contribution in [2.24, 2.45) is 5.73 Å². The maximum Gasteiger partial charge on any atom is 0.323 e. The molecule has 5 nitrogen and oxygen atoms in total. The second-order valence-electron chi connectivity index (χ2n) is 4.51. The van der Waals surface area contributed by atoms with Crippen LogP contribution in [0.25, 0.3) is 0 Å². The summed E-state index contributed by atoms with van der Waals surface area (Å²) in [5, 5.41) is 0. The highest BCUT2D eigenvalue weighted by atomic mass is 16.5. The summed E-state index contributed by atoms with van der Waals surface area (Å²) in [6.45, 7) is 7.50. The van der Waals surface area contributed by atoms with E-state index in [1.54, 1.807) is 0 Å². The van der Waals surface area contributed by atoms with E-state index in [9.17, 15) is 9.59 Å². The van der Waals surface area contributed by atoms with E-state index in [4.69, 9.17) is 15.2 Å². The molecule has 2 unspecified atom stereocenters. The van der Waals surface area contributed by atoms with E-state index >= 15 is 0 Å². The summed E-state index contributed by atoms with van der Waals surface area (Å²) in [6.07, 6.45) is 1.67. The number of rotatable bonds is 8. The van der Waals surface area contributed by atoms with Crippen LogP contribution in [0.5, 0.6) is 0 Å². The Hall–Kier alpha value is -1.10. The maximum absolute atomic E-state index is 11.5. The van der Waals surface area contributed by atoms with Gasteiger partial charge in [-0.2, -0.15) is 0 Å². The van der Waals surface area contributed by atoms with Gasteiger partial charge in [-0.05, 0) is 33.1 Å². The fourth-order valence-corrected chi connectivity index (χ4v) is 1.13. The van der Waals surface area contributed by atoms with Gasteiger partial charge in [-0.3, -0.25) is 9.59 Å². The van der Waals surface area contributed by atoms with Gasteiger partial charge in [0.05, 0.1) is 12.2 Å². The summed E-state index contributed by atoms with van der Waals surface area (Å²) in [5.41, 5.74) is 5.65. The minimum absolute atomic E-state index is 0.0965. The van der Waals surface area contributed by atoms with Crippen molar-refractivity contribution < 1.29 is 19.1 Å². The van der Waals surface area contributed by atoms with Gasteiger partial charge in [0.15, 0.2) is 0 Å². The molecule has 0 spiro atoms. The minimum atomic E-state index is -0.761. The van der Waals surface area contributed by atoms with Crippen LogP contribution in [0.3, 0.4) is 0 Å². The first-order valence-electron chi connectivity index (χ1n) is 6.56. The molecule has 0 fully saturated rings. The highest BCUT2D eigenvalue weighted by Gasteiger charge is 2.19. The molecule has 3 atom stereocenters. The summed E-state index contributed by atoms with van der Waals surface area (Å²) >= 11 is 0. The SMILES string of the molecule is CCC(C)OC(=O)CC[C@H](N)C(=O)OC(C)CC. The molecule has 0 aromatic heterocycles. The Labute approximate surface area is 109 Å². The van der Waals surface area contributed by atoms with Crippen molar-refractivity contribution in [2.75, 3.05) is 0 Å². The number of nitrogens with two attached hydrogens (primary N) is 1. The van der Waals surface area contributed by atoms with Crippen LogP contribution in [-0.2, 0) is 19.1 Å². The molecule has 5 heteroatoms. The average Bonchev–Trinajstić information content (AvgIpc) is 2.35. The first-order valence-corrected chi connectivity index (χ1v) is 6.56. The second-order valence-corrected chi connectivity index (χ2v) is 4.51. The summed E-state index contributed by atoms with van der Waals surface area (Å²) in [6, 6.07) is -0.761. The molecule has 0 amide bonds. The van der Waals surface area contributed by atoms with Gasteiger partial charge in [-0.15, -0.1) is 0 Å². The number of hydrogen-bond donors (Lipinski definition) is 1. The summed E-state index contributed by atoms with van der Waals surface area (Å²) < 4.78 is 10.2. The second kappa shape index (κ2) is 8.91. The Morgan fingerprint density at radius 1 is 1.06 bits per heavy atom. The molecule has 0 rings (SSSR count). The lowest BCUT2D eigenvalue weighted by Gasteiger charge is -2.16. The third kappa shape index (κ3) is 7.27. The summed E-state index contributed by atoms with van der Waals surface area (Å²) in [7, 11) is 0. The standard InChI is InChI=1S/C13H25NO4/c1-5-9(3)17-12(15)8-7-11(14)13(16)18-10(4)6-2/h9-11H,5-8,14H2,1-4H3/t9?,10?,11-/m0/s1. The molecular weight excluding hydrogens is 234 g/mol. The molecule has 0 bridgehead atoms. The molecular formula is C13H25NO4. The smallest absolute Gasteiger partial charge is 0.323 e. The van der Waals surface area contributed by atoms with E-state index in [1.807, 2.05) is 27.7 Å². The topological polar surface area (TPSA) is 78.6 Å². The van der Waals surface area contributed by atoms with Crippen LogP contribution < -0.4 is 5.73 Å². The van der Waals surface area contributed by atoms with E-state index in [0.29, 0.717) is 0 Å². The number of ether oxygens (including phenoxy) is 2. The van der Waals surface area contributed by atoms with Crippen LogP contribution in [0, 0.1) is 0 Å². The zero-order valence-corrected chi connectivity index (χ0v) is 11.8. The summed E-state index contributed by atoms with van der Waals surface area (Å²) in [4.78, 5) is 22.9. The summed E-state index contributed by atoms with van der Waals surface area (Å²) in [5.74, 6) is -0.781. The van der Waals surface area contributed by atoms with Crippen LogP contribution in [0.4, 0.5) is 0 Å². The van der Waals surface area contributed by atoms with Gasteiger partial charge < -0.3 is 15.2 Å². The van der Waals surface area contributed by atoms with Crippen molar-refractivity contribution >= 4 is 11.9 Å². The molecule has 0 aliphatic rings. The fraction of sp³-hybridized carbons (Fsp3) is 0.846. The van der Waals surface area contributed by atoms with Crippen molar-refractivity contribution in [2.45, 2.75) is 71.6 Å². The minimum Gasteiger partial charge on any atom is -0.463 e. The van der Waals surface area contributed by atoms with Gasteiger partial charge in [-0.25, -0.2) is 0 Å². The van der Waals surface area contributed by atoms with Gasteiger partial charge in [0, 0.05) is 6.42 Å². The van der Waals surface area contributed by atoms with Crippen molar-refractivity contribution in [3.8, 4) is 0 Å². The normalized spacial score (nSPS) is 15.6. The van der Waals surface area contributed by atoms with E-state index in [-0.39, 0.29) is 31.0 Å². The van der Waals surface area contributed by atoms with Crippen molar-refractivity contribution in [1.29, 1.82) is 0 Å². The molecule has 0 heterocycles. The first-order chi connectivity index (χ1) is 8.40. The monoisotopic (exact) mass is 259 g/mol. The number of carbonyl (C=O) groups excluding carboxylic acids is 2. The lowest BCUT2D eigenvalue weighted by molar-refractivity contribution is -0.151. The van der Waals surface area contributed by atoms with Crippen molar-refractivity contribution in [3.63, 3.8) is 0 Å². The zero-order chi connectivity index (χ0) is 14.1. The molecule has 0 aliphatic carbocycles. The van der Waals surface area contributed by atoms with Crippen LogP contribution in [0.1, 0.15) is 53.4 Å². The number of carbonyl (C=O) groups is 2. The molecule has 0 radical (unpaired) electrons. The molecule has 0 saturated carbocycles. The van der Waals surface area contributed by atoms with Crippen LogP contribution in [0.15, 0.2) is 0 Å². The first kappa shape index (κ1) is 16.9. The molecule has 0 aromatic rings. The quantitative estimate of drug-likeness (QED) is 0.672. The molecule has 0 aliphatic heterocycles. The Balaban J connectivity index is 3.91. The lowest BCUT2D eigenvalue weighted by atomic mass is 10.1. The Bertz CT molecular complexity index is 268. The van der Waals surface area contributed by atoms with Gasteiger partial charge in [-0.1, -0.05) is 13.8 Å². The average molecular weight is 259 g/mol. The van der Waals surface area contributed by atoms with Gasteiger partial charge in [0.1, 0.15) is 6.04 Å². The van der Waals surface area contributed by atoms with Crippen molar-refractivity contribution in [3.05, 3.63) is 0 Å². The molecule has 0 aromatic carbocycles. The predicted octanol–water partition coefficient (Wildman–Crippen LogP) is 1.78. The lowest BCUT2D eigenvalue weighted by Crippen LogP contribution is -2.35. The van der Waals surface area contributed by atoms with E-state index in [2.05, 4.69) is 0 Å².